The number of carbonyl (C=O) groups is 1. The zero-order valence-electron chi connectivity index (χ0n) is 14.2. The van der Waals surface area contributed by atoms with Crippen LogP contribution in [-0.4, -0.2) is 39.1 Å². The number of ether oxygens (including phenoxy) is 1. The third kappa shape index (κ3) is 3.92. The third-order valence-electron chi connectivity index (χ3n) is 4.47. The molecule has 136 valence electrons. The summed E-state index contributed by atoms with van der Waals surface area (Å²) in [7, 11) is 0. The first-order valence-electron chi connectivity index (χ1n) is 8.69. The van der Waals surface area contributed by atoms with Crippen LogP contribution >= 0.6 is 23.1 Å². The van der Waals surface area contributed by atoms with Gasteiger partial charge in [0.25, 0.3) is 0 Å². The summed E-state index contributed by atoms with van der Waals surface area (Å²) in [6.45, 7) is 1.57. The molecule has 26 heavy (non-hydrogen) atoms. The minimum absolute atomic E-state index is 0.145. The van der Waals surface area contributed by atoms with Gasteiger partial charge >= 0.3 is 0 Å². The summed E-state index contributed by atoms with van der Waals surface area (Å²) < 4.78 is 7.90. The van der Waals surface area contributed by atoms with E-state index in [1.165, 1.54) is 23.1 Å². The van der Waals surface area contributed by atoms with E-state index in [0.717, 1.165) is 49.8 Å². The average molecular weight is 390 g/mol. The lowest BCUT2D eigenvalue weighted by molar-refractivity contribution is -0.113. The summed E-state index contributed by atoms with van der Waals surface area (Å²) >= 11 is 2.73. The Morgan fingerprint density at radius 3 is 3.08 bits per heavy atom. The maximum atomic E-state index is 12.2. The Balaban J connectivity index is 1.41. The van der Waals surface area contributed by atoms with Crippen molar-refractivity contribution in [3.8, 4) is 6.07 Å². The molecule has 2 aliphatic rings. The fraction of sp³-hybridized carbons (Fsp3) is 0.529. The molecule has 3 heterocycles. The van der Waals surface area contributed by atoms with Gasteiger partial charge in [0.05, 0.1) is 24.0 Å². The fourth-order valence-electron chi connectivity index (χ4n) is 3.00. The van der Waals surface area contributed by atoms with Crippen molar-refractivity contribution in [3.05, 3.63) is 22.8 Å². The lowest BCUT2D eigenvalue weighted by Crippen LogP contribution is -2.19. The van der Waals surface area contributed by atoms with E-state index in [9.17, 15) is 4.79 Å². The van der Waals surface area contributed by atoms with E-state index >= 15 is 0 Å². The van der Waals surface area contributed by atoms with Crippen LogP contribution in [0.4, 0.5) is 5.00 Å². The predicted molar refractivity (Wildman–Crippen MR) is 99.4 cm³/mol. The first-order valence-corrected chi connectivity index (χ1v) is 10.6. The molecule has 0 aromatic carbocycles. The molecule has 2 aromatic heterocycles. The molecule has 1 N–H and O–H groups in total. The molecule has 0 bridgehead atoms. The molecule has 1 aliphatic heterocycles. The molecule has 1 saturated carbocycles. The highest BCUT2D eigenvalue weighted by atomic mass is 32.2. The number of anilines is 1. The largest absolute Gasteiger partial charge is 0.376 e. The van der Waals surface area contributed by atoms with Crippen molar-refractivity contribution in [2.45, 2.75) is 49.4 Å². The lowest BCUT2D eigenvalue weighted by atomic mass is 10.2. The molecule has 2 aromatic rings. The monoisotopic (exact) mass is 389 g/mol. The molecular formula is C17H19N5O2S2. The molecule has 0 radical (unpaired) electrons. The SMILES string of the molecule is N#Cc1ccsc1NC(=O)CSc1nnc(C2CC2)n1CC1CCCO1. The molecule has 9 heteroatoms. The molecule has 2 fully saturated rings. The van der Waals surface area contributed by atoms with Crippen molar-refractivity contribution in [3.63, 3.8) is 0 Å². The summed E-state index contributed by atoms with van der Waals surface area (Å²) in [5.41, 5.74) is 0.492. The van der Waals surface area contributed by atoms with Crippen LogP contribution in [0.3, 0.4) is 0 Å². The van der Waals surface area contributed by atoms with E-state index < -0.39 is 0 Å². The van der Waals surface area contributed by atoms with Gasteiger partial charge in [-0.1, -0.05) is 11.8 Å². The molecule has 1 aliphatic carbocycles. The van der Waals surface area contributed by atoms with Gasteiger partial charge in [0.15, 0.2) is 5.16 Å². The molecule has 1 amide bonds. The Kier molecular flexibility index (Phi) is 5.24. The number of amides is 1. The molecule has 1 saturated heterocycles. The molecule has 7 nitrogen and oxygen atoms in total. The maximum absolute atomic E-state index is 12.2. The second kappa shape index (κ2) is 7.78. The van der Waals surface area contributed by atoms with Gasteiger partial charge < -0.3 is 14.6 Å². The minimum Gasteiger partial charge on any atom is -0.376 e. The number of nitrogens with zero attached hydrogens (tertiary/aromatic N) is 4. The van der Waals surface area contributed by atoms with Gasteiger partial charge in [0.1, 0.15) is 16.9 Å². The Hall–Kier alpha value is -1.89. The highest BCUT2D eigenvalue weighted by Gasteiger charge is 2.32. The molecule has 1 unspecified atom stereocenters. The second-order valence-electron chi connectivity index (χ2n) is 6.47. The van der Waals surface area contributed by atoms with Crippen molar-refractivity contribution in [2.75, 3.05) is 17.7 Å². The third-order valence-corrected chi connectivity index (χ3v) is 6.27. The van der Waals surface area contributed by atoms with Crippen molar-refractivity contribution in [2.24, 2.45) is 0 Å². The number of thiophene rings is 1. The molecule has 1 atom stereocenters. The van der Waals surface area contributed by atoms with Crippen LogP contribution in [0, 0.1) is 11.3 Å². The number of aromatic nitrogens is 3. The number of hydrogen-bond donors (Lipinski definition) is 1. The smallest absolute Gasteiger partial charge is 0.235 e. The summed E-state index contributed by atoms with van der Waals surface area (Å²) in [6.07, 6.45) is 4.68. The van der Waals surface area contributed by atoms with Crippen LogP contribution in [0.2, 0.25) is 0 Å². The highest BCUT2D eigenvalue weighted by Crippen LogP contribution is 2.40. The van der Waals surface area contributed by atoms with E-state index in [-0.39, 0.29) is 17.8 Å². The normalized spacial score (nSPS) is 19.4. The second-order valence-corrected chi connectivity index (χ2v) is 8.33. The van der Waals surface area contributed by atoms with Gasteiger partial charge in [-0.25, -0.2) is 0 Å². The first-order chi connectivity index (χ1) is 12.7. The molecule has 4 rings (SSSR count). The quantitative estimate of drug-likeness (QED) is 0.732. The van der Waals surface area contributed by atoms with E-state index in [0.29, 0.717) is 16.5 Å². The number of thioether (sulfide) groups is 1. The van der Waals surface area contributed by atoms with Crippen LogP contribution in [0.25, 0.3) is 0 Å². The minimum atomic E-state index is -0.145. The number of hydrogen-bond acceptors (Lipinski definition) is 7. The van der Waals surface area contributed by atoms with E-state index in [1.807, 2.05) is 0 Å². The summed E-state index contributed by atoms with van der Waals surface area (Å²) in [4.78, 5) is 12.2. The van der Waals surface area contributed by atoms with Gasteiger partial charge in [-0.15, -0.1) is 21.5 Å². The topological polar surface area (TPSA) is 92.8 Å². The average Bonchev–Trinajstić information content (AvgIpc) is 3.03. The number of rotatable bonds is 7. The summed E-state index contributed by atoms with van der Waals surface area (Å²) in [6, 6.07) is 3.78. The van der Waals surface area contributed by atoms with Crippen molar-refractivity contribution in [1.82, 2.24) is 14.8 Å². The van der Waals surface area contributed by atoms with E-state index in [1.54, 1.807) is 11.4 Å². The Morgan fingerprint density at radius 1 is 1.46 bits per heavy atom. The van der Waals surface area contributed by atoms with Gasteiger partial charge in [-0.3, -0.25) is 4.79 Å². The van der Waals surface area contributed by atoms with Crippen LogP contribution < -0.4 is 5.32 Å². The van der Waals surface area contributed by atoms with Crippen LogP contribution in [0.1, 0.15) is 43.0 Å². The van der Waals surface area contributed by atoms with Gasteiger partial charge in [-0.05, 0) is 37.1 Å². The van der Waals surface area contributed by atoms with Crippen LogP contribution in [-0.2, 0) is 16.1 Å². The number of nitriles is 1. The zero-order chi connectivity index (χ0) is 17.9. The lowest BCUT2D eigenvalue weighted by Gasteiger charge is -2.14. The fourth-order valence-corrected chi connectivity index (χ4v) is 4.51. The highest BCUT2D eigenvalue weighted by molar-refractivity contribution is 7.99. The number of carbonyl (C=O) groups excluding carboxylic acids is 1. The van der Waals surface area contributed by atoms with E-state index in [4.69, 9.17) is 10.00 Å². The van der Waals surface area contributed by atoms with Crippen LogP contribution in [0.15, 0.2) is 16.6 Å². The van der Waals surface area contributed by atoms with Gasteiger partial charge in [0.2, 0.25) is 5.91 Å². The Bertz CT molecular complexity index is 831. The predicted octanol–water partition coefficient (Wildman–Crippen LogP) is 3.00. The molecular weight excluding hydrogens is 370 g/mol. The van der Waals surface area contributed by atoms with E-state index in [2.05, 4.69) is 26.2 Å². The van der Waals surface area contributed by atoms with Crippen molar-refractivity contribution < 1.29 is 9.53 Å². The molecule has 0 spiro atoms. The van der Waals surface area contributed by atoms with Crippen molar-refractivity contribution >= 4 is 34.0 Å². The first kappa shape index (κ1) is 17.5. The maximum Gasteiger partial charge on any atom is 0.235 e. The Morgan fingerprint density at radius 2 is 2.35 bits per heavy atom. The van der Waals surface area contributed by atoms with Crippen molar-refractivity contribution in [1.29, 1.82) is 5.26 Å². The standard InChI is InChI=1S/C17H19N5O2S2/c18-8-12-5-7-25-16(12)19-14(23)10-26-17-21-20-15(11-3-4-11)22(17)9-13-2-1-6-24-13/h5,7,11,13H,1-4,6,9-10H2,(H,19,23). The zero-order valence-corrected chi connectivity index (χ0v) is 15.8. The van der Waals surface area contributed by atoms with Gasteiger partial charge in [0, 0.05) is 12.5 Å². The van der Waals surface area contributed by atoms with Crippen LogP contribution in [0.5, 0.6) is 0 Å². The number of nitrogens with one attached hydrogen (secondary N) is 1. The van der Waals surface area contributed by atoms with Gasteiger partial charge in [-0.2, -0.15) is 5.26 Å². The summed E-state index contributed by atoms with van der Waals surface area (Å²) in [5.74, 6) is 1.61. The Labute approximate surface area is 159 Å². The summed E-state index contributed by atoms with van der Waals surface area (Å²) in [5, 5.41) is 23.7.